The van der Waals surface area contributed by atoms with Crippen molar-refractivity contribution in [2.75, 3.05) is 12.4 Å². The van der Waals surface area contributed by atoms with E-state index in [-0.39, 0.29) is 23.1 Å². The quantitative estimate of drug-likeness (QED) is 0.690. The van der Waals surface area contributed by atoms with E-state index in [4.69, 9.17) is 0 Å². The van der Waals surface area contributed by atoms with Gasteiger partial charge in [0.15, 0.2) is 17.5 Å². The number of nitrogens with one attached hydrogen (secondary N) is 1. The normalized spacial score (nSPS) is 10.5. The summed E-state index contributed by atoms with van der Waals surface area (Å²) in [7, 11) is 1.65. The smallest absolute Gasteiger partial charge is 0.257 e. The van der Waals surface area contributed by atoms with Gasteiger partial charge in [0, 0.05) is 26.0 Å². The number of benzene rings is 2. The van der Waals surface area contributed by atoms with Crippen LogP contribution in [0.3, 0.4) is 0 Å². The number of hydrogen-bond acceptors (Lipinski definition) is 4. The molecule has 8 heteroatoms. The lowest BCUT2D eigenvalue weighted by molar-refractivity contribution is 0.0784. The Morgan fingerprint density at radius 2 is 1.67 bits per heavy atom. The van der Waals surface area contributed by atoms with E-state index in [0.29, 0.717) is 6.54 Å². The lowest BCUT2D eigenvalue weighted by Crippen LogP contribution is -2.26. The first-order valence-electron chi connectivity index (χ1n) is 7.97. The maximum absolute atomic E-state index is 13.7. The highest BCUT2D eigenvalue weighted by molar-refractivity contribution is 5.93. The predicted molar refractivity (Wildman–Crippen MR) is 93.9 cm³/mol. The van der Waals surface area contributed by atoms with Crippen LogP contribution in [0, 0.1) is 17.5 Å². The number of halogens is 3. The first-order chi connectivity index (χ1) is 13.0. The topological polar surface area (TPSA) is 58.1 Å². The van der Waals surface area contributed by atoms with E-state index >= 15 is 0 Å². The molecule has 27 heavy (non-hydrogen) atoms. The zero-order valence-corrected chi connectivity index (χ0v) is 14.3. The molecule has 0 aliphatic heterocycles. The molecule has 0 bridgehead atoms. The molecule has 0 fully saturated rings. The van der Waals surface area contributed by atoms with Gasteiger partial charge in [-0.15, -0.1) is 0 Å². The van der Waals surface area contributed by atoms with Crippen LogP contribution in [0.15, 0.2) is 54.9 Å². The highest BCUT2D eigenvalue weighted by atomic mass is 19.2. The Kier molecular flexibility index (Phi) is 5.35. The van der Waals surface area contributed by atoms with Crippen molar-refractivity contribution in [3.8, 4) is 0 Å². The average molecular weight is 372 g/mol. The molecular formula is C19H15F3N4O. The van der Waals surface area contributed by atoms with Crippen LogP contribution in [0.5, 0.6) is 0 Å². The predicted octanol–water partition coefficient (Wildman–Crippen LogP) is 3.91. The lowest BCUT2D eigenvalue weighted by Gasteiger charge is -2.17. The molecule has 0 spiro atoms. The van der Waals surface area contributed by atoms with Gasteiger partial charge in [0.25, 0.3) is 5.91 Å². The lowest BCUT2D eigenvalue weighted by atomic mass is 10.2. The molecule has 5 nitrogen and oxygen atoms in total. The molecule has 1 heterocycles. The second-order valence-corrected chi connectivity index (χ2v) is 5.79. The van der Waals surface area contributed by atoms with Crippen molar-refractivity contribution >= 4 is 17.5 Å². The summed E-state index contributed by atoms with van der Waals surface area (Å²) in [5.74, 6) is -4.59. The largest absolute Gasteiger partial charge is 0.337 e. The Labute approximate surface area is 153 Å². The summed E-state index contributed by atoms with van der Waals surface area (Å²) in [5.41, 5.74) is 0.903. The van der Waals surface area contributed by atoms with Crippen molar-refractivity contribution in [3.63, 3.8) is 0 Å². The van der Waals surface area contributed by atoms with E-state index in [9.17, 15) is 18.0 Å². The third-order valence-electron chi connectivity index (χ3n) is 3.79. The molecule has 0 atom stereocenters. The highest BCUT2D eigenvalue weighted by Gasteiger charge is 2.16. The van der Waals surface area contributed by atoms with Crippen molar-refractivity contribution in [2.45, 2.75) is 6.54 Å². The number of carbonyl (C=O) groups excluding carboxylic acids is 1. The van der Waals surface area contributed by atoms with E-state index in [2.05, 4.69) is 15.3 Å². The zero-order valence-electron chi connectivity index (χ0n) is 14.3. The fourth-order valence-corrected chi connectivity index (χ4v) is 2.40. The van der Waals surface area contributed by atoms with Gasteiger partial charge in [-0.1, -0.05) is 30.3 Å². The standard InChI is InChI=1S/C19H15F3N4O/c1-26(11-12-5-3-2-4-6-12)18(27)13-9-23-19(24-10-13)25-15-8-7-14(20)16(21)17(15)22/h2-10H,11H2,1H3,(H,23,24,25). The summed E-state index contributed by atoms with van der Waals surface area (Å²) in [6, 6.07) is 11.3. The first-order valence-corrected chi connectivity index (χ1v) is 7.97. The molecule has 1 aromatic heterocycles. The molecule has 3 rings (SSSR count). The minimum absolute atomic E-state index is 0.0535. The molecular weight excluding hydrogens is 357 g/mol. The highest BCUT2D eigenvalue weighted by Crippen LogP contribution is 2.22. The summed E-state index contributed by atoms with van der Waals surface area (Å²) in [4.78, 5) is 21.8. The van der Waals surface area contributed by atoms with Crippen molar-refractivity contribution in [2.24, 2.45) is 0 Å². The van der Waals surface area contributed by atoms with Crippen molar-refractivity contribution < 1.29 is 18.0 Å². The summed E-state index contributed by atoms with van der Waals surface area (Å²) in [6.07, 6.45) is 2.55. The molecule has 0 aliphatic rings. The van der Waals surface area contributed by atoms with Crippen LogP contribution >= 0.6 is 0 Å². The minimum atomic E-state index is -1.59. The van der Waals surface area contributed by atoms with Crippen LogP contribution in [0.4, 0.5) is 24.8 Å². The van der Waals surface area contributed by atoms with Gasteiger partial charge in [-0.25, -0.2) is 23.1 Å². The number of aromatic nitrogens is 2. The van der Waals surface area contributed by atoms with Gasteiger partial charge >= 0.3 is 0 Å². The summed E-state index contributed by atoms with van der Waals surface area (Å²) >= 11 is 0. The number of hydrogen-bond donors (Lipinski definition) is 1. The van der Waals surface area contributed by atoms with Gasteiger partial charge in [0.2, 0.25) is 5.95 Å². The van der Waals surface area contributed by atoms with Gasteiger partial charge < -0.3 is 10.2 Å². The third-order valence-corrected chi connectivity index (χ3v) is 3.79. The van der Waals surface area contributed by atoms with E-state index in [1.807, 2.05) is 30.3 Å². The molecule has 1 N–H and O–H groups in total. The second-order valence-electron chi connectivity index (χ2n) is 5.79. The number of amides is 1. The molecule has 3 aromatic rings. The van der Waals surface area contributed by atoms with Crippen LogP contribution in [-0.4, -0.2) is 27.8 Å². The number of rotatable bonds is 5. The molecule has 1 amide bonds. The third kappa shape index (κ3) is 4.22. The average Bonchev–Trinajstić information content (AvgIpc) is 2.69. The Bertz CT molecular complexity index is 949. The van der Waals surface area contributed by atoms with Crippen LogP contribution in [0.25, 0.3) is 0 Å². The SMILES string of the molecule is CN(Cc1ccccc1)C(=O)c1cnc(Nc2ccc(F)c(F)c2F)nc1. The molecule has 138 valence electrons. The van der Waals surface area contributed by atoms with E-state index in [0.717, 1.165) is 17.7 Å². The molecule has 2 aromatic carbocycles. The fourth-order valence-electron chi connectivity index (χ4n) is 2.40. The molecule has 0 radical (unpaired) electrons. The van der Waals surface area contributed by atoms with Crippen LogP contribution in [0.1, 0.15) is 15.9 Å². The van der Waals surface area contributed by atoms with Crippen molar-refractivity contribution in [1.82, 2.24) is 14.9 Å². The molecule has 0 saturated carbocycles. The van der Waals surface area contributed by atoms with Crippen LogP contribution in [0.2, 0.25) is 0 Å². The number of anilines is 2. The Morgan fingerprint density at radius 3 is 2.33 bits per heavy atom. The van der Waals surface area contributed by atoms with Crippen LogP contribution < -0.4 is 5.32 Å². The molecule has 0 unspecified atom stereocenters. The minimum Gasteiger partial charge on any atom is -0.337 e. The maximum atomic E-state index is 13.7. The summed E-state index contributed by atoms with van der Waals surface area (Å²) in [6.45, 7) is 0.416. The number of nitrogens with zero attached hydrogens (tertiary/aromatic N) is 3. The second kappa shape index (κ2) is 7.86. The number of carbonyl (C=O) groups is 1. The van der Waals surface area contributed by atoms with Gasteiger partial charge in [-0.3, -0.25) is 4.79 Å². The monoisotopic (exact) mass is 372 g/mol. The van der Waals surface area contributed by atoms with Gasteiger partial charge in [0.1, 0.15) is 0 Å². The van der Waals surface area contributed by atoms with Crippen molar-refractivity contribution in [1.29, 1.82) is 0 Å². The van der Waals surface area contributed by atoms with E-state index < -0.39 is 17.5 Å². The van der Waals surface area contributed by atoms with Gasteiger partial charge in [-0.05, 0) is 17.7 Å². The zero-order chi connectivity index (χ0) is 19.4. The van der Waals surface area contributed by atoms with E-state index in [1.54, 1.807) is 7.05 Å². The van der Waals surface area contributed by atoms with Crippen LogP contribution in [-0.2, 0) is 6.54 Å². The Hall–Kier alpha value is -3.42. The van der Waals surface area contributed by atoms with Gasteiger partial charge in [-0.2, -0.15) is 0 Å². The summed E-state index contributed by atoms with van der Waals surface area (Å²) < 4.78 is 39.9. The summed E-state index contributed by atoms with van der Waals surface area (Å²) in [5, 5.41) is 2.45. The Morgan fingerprint density at radius 1 is 1.00 bits per heavy atom. The molecule has 0 saturated heterocycles. The maximum Gasteiger partial charge on any atom is 0.257 e. The fraction of sp³-hybridized carbons (Fsp3) is 0.105. The van der Waals surface area contributed by atoms with Gasteiger partial charge in [0.05, 0.1) is 11.3 Å². The first kappa shape index (κ1) is 18.4. The molecule has 0 aliphatic carbocycles. The Balaban J connectivity index is 1.69. The van der Waals surface area contributed by atoms with E-state index in [1.165, 1.54) is 17.3 Å². The van der Waals surface area contributed by atoms with Crippen molar-refractivity contribution in [3.05, 3.63) is 83.4 Å².